The van der Waals surface area contributed by atoms with E-state index >= 15 is 0 Å². The molecule has 1 amide bonds. The number of aryl methyl sites for hydroxylation is 1. The van der Waals surface area contributed by atoms with Crippen LogP contribution in [0.3, 0.4) is 0 Å². The first-order valence-electron chi connectivity index (χ1n) is 7.22. The Labute approximate surface area is 121 Å². The van der Waals surface area contributed by atoms with Gasteiger partial charge in [0, 0.05) is 32.9 Å². The van der Waals surface area contributed by atoms with Gasteiger partial charge in [0.25, 0.3) is 5.91 Å². The second-order valence-corrected chi connectivity index (χ2v) is 5.51. The van der Waals surface area contributed by atoms with Crippen LogP contribution in [0.4, 0.5) is 5.69 Å². The highest BCUT2D eigenvalue weighted by molar-refractivity contribution is 5.99. The first kappa shape index (κ1) is 14.9. The number of rotatable bonds is 4. The topological polar surface area (TPSA) is 41.6 Å². The fourth-order valence-corrected chi connectivity index (χ4v) is 2.84. The third kappa shape index (κ3) is 3.31. The van der Waals surface area contributed by atoms with Gasteiger partial charge in [0.2, 0.25) is 0 Å². The van der Waals surface area contributed by atoms with Gasteiger partial charge in [-0.25, -0.2) is 0 Å². The van der Waals surface area contributed by atoms with Crippen molar-refractivity contribution in [2.24, 2.45) is 5.92 Å². The van der Waals surface area contributed by atoms with E-state index in [9.17, 15) is 4.79 Å². The number of methoxy groups -OCH3 is 1. The SMILES string of the molecule is CNc1cc(C)ccc1C(=O)N1CCCC(COC)C1. The molecule has 4 heteroatoms. The maximum atomic E-state index is 12.7. The van der Waals surface area contributed by atoms with Crippen LogP contribution in [0.25, 0.3) is 0 Å². The van der Waals surface area contributed by atoms with Gasteiger partial charge in [-0.15, -0.1) is 0 Å². The molecule has 0 spiro atoms. The molecule has 1 saturated heterocycles. The molecular formula is C16H24N2O2. The Kier molecular flexibility index (Phi) is 5.01. The third-order valence-electron chi connectivity index (χ3n) is 3.88. The number of benzene rings is 1. The van der Waals surface area contributed by atoms with Gasteiger partial charge in [-0.2, -0.15) is 0 Å². The maximum Gasteiger partial charge on any atom is 0.255 e. The van der Waals surface area contributed by atoms with Crippen LogP contribution < -0.4 is 5.32 Å². The summed E-state index contributed by atoms with van der Waals surface area (Å²) in [5.74, 6) is 0.580. The van der Waals surface area contributed by atoms with Gasteiger partial charge in [-0.3, -0.25) is 4.79 Å². The number of nitrogens with zero attached hydrogens (tertiary/aromatic N) is 1. The summed E-state index contributed by atoms with van der Waals surface area (Å²) in [5, 5.41) is 3.12. The molecule has 110 valence electrons. The van der Waals surface area contributed by atoms with E-state index in [1.165, 1.54) is 0 Å². The molecule has 4 nitrogen and oxygen atoms in total. The minimum atomic E-state index is 0.121. The molecule has 1 heterocycles. The van der Waals surface area contributed by atoms with Crippen molar-refractivity contribution in [2.45, 2.75) is 19.8 Å². The lowest BCUT2D eigenvalue weighted by molar-refractivity contribution is 0.0572. The van der Waals surface area contributed by atoms with Gasteiger partial charge in [0.1, 0.15) is 0 Å². The van der Waals surface area contributed by atoms with E-state index in [1.54, 1.807) is 7.11 Å². The van der Waals surface area contributed by atoms with Crippen LogP contribution in [-0.4, -0.2) is 44.7 Å². The van der Waals surface area contributed by atoms with Crippen molar-refractivity contribution in [3.05, 3.63) is 29.3 Å². The van der Waals surface area contributed by atoms with Crippen molar-refractivity contribution in [1.29, 1.82) is 0 Å². The van der Waals surface area contributed by atoms with Crippen molar-refractivity contribution in [1.82, 2.24) is 4.90 Å². The van der Waals surface area contributed by atoms with Crippen LogP contribution in [0.5, 0.6) is 0 Å². The van der Waals surface area contributed by atoms with Gasteiger partial charge < -0.3 is 15.0 Å². The van der Waals surface area contributed by atoms with Crippen molar-refractivity contribution in [3.63, 3.8) is 0 Å². The van der Waals surface area contributed by atoms with Gasteiger partial charge in [-0.1, -0.05) is 6.07 Å². The molecular weight excluding hydrogens is 252 g/mol. The molecule has 0 saturated carbocycles. The highest BCUT2D eigenvalue weighted by Gasteiger charge is 2.25. The van der Waals surface area contributed by atoms with Gasteiger partial charge in [0.05, 0.1) is 12.2 Å². The van der Waals surface area contributed by atoms with E-state index in [0.29, 0.717) is 5.92 Å². The monoisotopic (exact) mass is 276 g/mol. The summed E-state index contributed by atoms with van der Waals surface area (Å²) in [7, 11) is 3.58. The molecule has 0 radical (unpaired) electrons. The van der Waals surface area contributed by atoms with Gasteiger partial charge in [0.15, 0.2) is 0 Å². The summed E-state index contributed by atoms with van der Waals surface area (Å²) >= 11 is 0. The van der Waals surface area contributed by atoms with Crippen LogP contribution in [0, 0.1) is 12.8 Å². The summed E-state index contributed by atoms with van der Waals surface area (Å²) in [6.07, 6.45) is 2.20. The van der Waals surface area contributed by atoms with E-state index in [2.05, 4.69) is 5.32 Å². The van der Waals surface area contributed by atoms with E-state index in [-0.39, 0.29) is 5.91 Å². The van der Waals surface area contributed by atoms with Crippen molar-refractivity contribution in [3.8, 4) is 0 Å². The Bertz CT molecular complexity index is 472. The van der Waals surface area contributed by atoms with Crippen LogP contribution in [-0.2, 0) is 4.74 Å². The number of carbonyl (C=O) groups is 1. The lowest BCUT2D eigenvalue weighted by Gasteiger charge is -2.33. The number of anilines is 1. The molecule has 1 unspecified atom stereocenters. The first-order valence-corrected chi connectivity index (χ1v) is 7.22. The molecule has 0 aliphatic carbocycles. The Hall–Kier alpha value is -1.55. The van der Waals surface area contributed by atoms with E-state index < -0.39 is 0 Å². The summed E-state index contributed by atoms with van der Waals surface area (Å²) in [6, 6.07) is 5.93. The van der Waals surface area contributed by atoms with Gasteiger partial charge >= 0.3 is 0 Å². The smallest absolute Gasteiger partial charge is 0.255 e. The van der Waals surface area contributed by atoms with Crippen molar-refractivity contribution in [2.75, 3.05) is 39.2 Å². The number of hydrogen-bond donors (Lipinski definition) is 1. The van der Waals surface area contributed by atoms with E-state index in [0.717, 1.165) is 49.4 Å². The lowest BCUT2D eigenvalue weighted by Crippen LogP contribution is -2.41. The van der Waals surface area contributed by atoms with Crippen LogP contribution in [0.1, 0.15) is 28.8 Å². The van der Waals surface area contributed by atoms with E-state index in [4.69, 9.17) is 4.74 Å². The third-order valence-corrected chi connectivity index (χ3v) is 3.88. The maximum absolute atomic E-state index is 12.7. The molecule has 20 heavy (non-hydrogen) atoms. The summed E-state index contributed by atoms with van der Waals surface area (Å²) in [5.41, 5.74) is 2.82. The number of amides is 1. The molecule has 1 aromatic carbocycles. The Morgan fingerprint density at radius 3 is 3.00 bits per heavy atom. The minimum Gasteiger partial charge on any atom is -0.387 e. The molecule has 1 aliphatic heterocycles. The average molecular weight is 276 g/mol. The number of piperidine rings is 1. The van der Waals surface area contributed by atoms with Crippen LogP contribution in [0.2, 0.25) is 0 Å². The molecule has 2 rings (SSSR count). The highest BCUT2D eigenvalue weighted by atomic mass is 16.5. The zero-order valence-corrected chi connectivity index (χ0v) is 12.6. The normalized spacial score (nSPS) is 18.9. The fraction of sp³-hybridized carbons (Fsp3) is 0.562. The highest BCUT2D eigenvalue weighted by Crippen LogP contribution is 2.23. The molecule has 1 fully saturated rings. The predicted molar refractivity (Wildman–Crippen MR) is 81.2 cm³/mol. The summed E-state index contributed by atoms with van der Waals surface area (Å²) in [4.78, 5) is 14.6. The first-order chi connectivity index (χ1) is 9.65. The number of ether oxygens (including phenoxy) is 1. The molecule has 0 aromatic heterocycles. The molecule has 1 aromatic rings. The lowest BCUT2D eigenvalue weighted by atomic mass is 9.98. The van der Waals surface area contributed by atoms with Crippen molar-refractivity contribution >= 4 is 11.6 Å². The standard InChI is InChI=1S/C16H24N2O2/c1-12-6-7-14(15(9-12)17-2)16(19)18-8-4-5-13(10-18)11-20-3/h6-7,9,13,17H,4-5,8,10-11H2,1-3H3. The second-order valence-electron chi connectivity index (χ2n) is 5.51. The molecule has 1 aliphatic rings. The largest absolute Gasteiger partial charge is 0.387 e. The number of nitrogens with one attached hydrogen (secondary N) is 1. The number of likely N-dealkylation sites (tertiary alicyclic amines) is 1. The minimum absolute atomic E-state index is 0.121. The fourth-order valence-electron chi connectivity index (χ4n) is 2.84. The molecule has 1 atom stereocenters. The Balaban J connectivity index is 2.14. The Morgan fingerprint density at radius 2 is 2.30 bits per heavy atom. The summed E-state index contributed by atoms with van der Waals surface area (Å²) < 4.78 is 5.23. The number of carbonyl (C=O) groups excluding carboxylic acids is 1. The predicted octanol–water partition coefficient (Wildman–Crippen LogP) is 2.54. The zero-order valence-electron chi connectivity index (χ0n) is 12.6. The number of hydrogen-bond acceptors (Lipinski definition) is 3. The molecule has 1 N–H and O–H groups in total. The van der Waals surface area contributed by atoms with Crippen LogP contribution in [0.15, 0.2) is 18.2 Å². The zero-order chi connectivity index (χ0) is 14.5. The summed E-state index contributed by atoms with van der Waals surface area (Å²) in [6.45, 7) is 4.40. The average Bonchev–Trinajstić information content (AvgIpc) is 2.47. The molecule has 0 bridgehead atoms. The van der Waals surface area contributed by atoms with Gasteiger partial charge in [-0.05, 0) is 43.4 Å². The van der Waals surface area contributed by atoms with Crippen LogP contribution >= 0.6 is 0 Å². The quantitative estimate of drug-likeness (QED) is 0.919. The van der Waals surface area contributed by atoms with E-state index in [1.807, 2.05) is 37.1 Å². The van der Waals surface area contributed by atoms with Crippen molar-refractivity contribution < 1.29 is 9.53 Å². The second kappa shape index (κ2) is 6.75. The Morgan fingerprint density at radius 1 is 1.50 bits per heavy atom.